The molecule has 7 heteroatoms. The van der Waals surface area contributed by atoms with E-state index < -0.39 is 5.97 Å². The van der Waals surface area contributed by atoms with Gasteiger partial charge in [0.25, 0.3) is 5.91 Å². The highest BCUT2D eigenvalue weighted by Crippen LogP contribution is 2.27. The van der Waals surface area contributed by atoms with Gasteiger partial charge in [-0.15, -0.1) is 0 Å². The average molecular weight is 334 g/mol. The Morgan fingerprint density at radius 3 is 2.57 bits per heavy atom. The zero-order valence-corrected chi connectivity index (χ0v) is 13.3. The van der Waals surface area contributed by atoms with Crippen molar-refractivity contribution >= 4 is 35.1 Å². The Labute approximate surface area is 133 Å². The minimum absolute atomic E-state index is 0.109. The van der Waals surface area contributed by atoms with E-state index in [9.17, 15) is 9.59 Å². The van der Waals surface area contributed by atoms with Gasteiger partial charge in [-0.3, -0.25) is 9.59 Å². The van der Waals surface area contributed by atoms with Crippen LogP contribution in [0, 0.1) is 0 Å². The molecule has 5 nitrogen and oxygen atoms in total. The van der Waals surface area contributed by atoms with Crippen LogP contribution in [-0.4, -0.2) is 41.1 Å². The molecule has 1 aromatic rings. The fraction of sp³-hybridized carbons (Fsp3) is 0.429. The smallest absolute Gasteiger partial charge is 0.305 e. The van der Waals surface area contributed by atoms with Crippen molar-refractivity contribution in [1.82, 2.24) is 4.90 Å². The molecule has 0 heterocycles. The van der Waals surface area contributed by atoms with Crippen LogP contribution >= 0.6 is 23.2 Å². The summed E-state index contributed by atoms with van der Waals surface area (Å²) in [5, 5.41) is 9.51. The minimum Gasteiger partial charge on any atom is -0.482 e. The van der Waals surface area contributed by atoms with Gasteiger partial charge in [0.05, 0.1) is 11.4 Å². The van der Waals surface area contributed by atoms with Crippen molar-refractivity contribution in [2.45, 2.75) is 26.3 Å². The Balaban J connectivity index is 2.65. The number of amides is 1. The number of carboxylic acid groups (broad SMARTS) is 1. The number of nitrogens with zero attached hydrogens (tertiary/aromatic N) is 1. The highest BCUT2D eigenvalue weighted by molar-refractivity contribution is 6.34. The van der Waals surface area contributed by atoms with Crippen molar-refractivity contribution in [1.29, 1.82) is 0 Å². The zero-order valence-electron chi connectivity index (χ0n) is 11.8. The molecule has 0 aliphatic heterocycles. The highest BCUT2D eigenvalue weighted by Gasteiger charge is 2.19. The number of carbonyl (C=O) groups is 2. The van der Waals surface area contributed by atoms with Crippen LogP contribution in [0.3, 0.4) is 0 Å². The molecule has 0 spiro atoms. The summed E-state index contributed by atoms with van der Waals surface area (Å²) >= 11 is 11.8. The van der Waals surface area contributed by atoms with Gasteiger partial charge in [-0.1, -0.05) is 23.2 Å². The number of hydrogen-bond acceptors (Lipinski definition) is 3. The van der Waals surface area contributed by atoms with Gasteiger partial charge in [0, 0.05) is 23.7 Å². The van der Waals surface area contributed by atoms with E-state index >= 15 is 0 Å². The van der Waals surface area contributed by atoms with Gasteiger partial charge in [0.1, 0.15) is 5.75 Å². The van der Waals surface area contributed by atoms with Crippen LogP contribution in [0.5, 0.6) is 5.75 Å². The molecule has 1 aromatic carbocycles. The standard InChI is InChI=1S/C14H17Cl2NO4/c1-9(2)17(6-5-14(19)20)13(18)8-21-12-7-10(15)3-4-11(12)16/h3-4,7,9H,5-6,8H2,1-2H3,(H,19,20). The molecule has 1 rings (SSSR count). The lowest BCUT2D eigenvalue weighted by molar-refractivity contribution is -0.139. The number of aliphatic carboxylic acids is 1. The van der Waals surface area contributed by atoms with Crippen molar-refractivity contribution in [2.75, 3.05) is 13.2 Å². The number of carbonyl (C=O) groups excluding carboxylic acids is 1. The fourth-order valence-corrected chi connectivity index (χ4v) is 2.03. The average Bonchev–Trinajstić information content (AvgIpc) is 2.39. The van der Waals surface area contributed by atoms with Crippen LogP contribution in [0.1, 0.15) is 20.3 Å². The molecule has 0 aliphatic carbocycles. The number of rotatable bonds is 7. The normalized spacial score (nSPS) is 10.5. The van der Waals surface area contributed by atoms with Crippen LogP contribution in [0.4, 0.5) is 0 Å². The molecule has 0 saturated heterocycles. The molecule has 0 saturated carbocycles. The van der Waals surface area contributed by atoms with E-state index in [2.05, 4.69) is 0 Å². The fourth-order valence-electron chi connectivity index (χ4n) is 1.70. The maximum absolute atomic E-state index is 12.1. The third-order valence-corrected chi connectivity index (χ3v) is 3.30. The van der Waals surface area contributed by atoms with Gasteiger partial charge in [0.15, 0.2) is 6.61 Å². The summed E-state index contributed by atoms with van der Waals surface area (Å²) in [5.74, 6) is -0.936. The van der Waals surface area contributed by atoms with Crippen molar-refractivity contribution in [3.63, 3.8) is 0 Å². The van der Waals surface area contributed by atoms with E-state index in [0.717, 1.165) is 0 Å². The topological polar surface area (TPSA) is 66.8 Å². The molecule has 1 N–H and O–H groups in total. The van der Waals surface area contributed by atoms with E-state index in [-0.39, 0.29) is 31.5 Å². The maximum atomic E-state index is 12.1. The molecular weight excluding hydrogens is 317 g/mol. The summed E-state index contributed by atoms with van der Waals surface area (Å²) in [6, 6.07) is 4.60. The molecule has 0 radical (unpaired) electrons. The lowest BCUT2D eigenvalue weighted by Gasteiger charge is -2.26. The summed E-state index contributed by atoms with van der Waals surface area (Å²) in [5.41, 5.74) is 0. The van der Waals surface area contributed by atoms with Crippen LogP contribution in [0.2, 0.25) is 10.0 Å². The van der Waals surface area contributed by atoms with Gasteiger partial charge in [-0.25, -0.2) is 0 Å². The first kappa shape index (κ1) is 17.6. The van der Waals surface area contributed by atoms with Crippen LogP contribution in [0.25, 0.3) is 0 Å². The van der Waals surface area contributed by atoms with Gasteiger partial charge < -0.3 is 14.7 Å². The van der Waals surface area contributed by atoms with Crippen LogP contribution in [0.15, 0.2) is 18.2 Å². The van der Waals surface area contributed by atoms with Crippen molar-refractivity contribution in [3.05, 3.63) is 28.2 Å². The Bertz CT molecular complexity index is 520. The third-order valence-electron chi connectivity index (χ3n) is 2.75. The second kappa shape index (κ2) is 8.10. The maximum Gasteiger partial charge on any atom is 0.305 e. The highest BCUT2D eigenvalue weighted by atomic mass is 35.5. The van der Waals surface area contributed by atoms with E-state index in [1.165, 1.54) is 11.0 Å². The van der Waals surface area contributed by atoms with Crippen LogP contribution in [-0.2, 0) is 9.59 Å². The lowest BCUT2D eigenvalue weighted by atomic mass is 10.2. The summed E-state index contributed by atoms with van der Waals surface area (Å²) in [7, 11) is 0. The van der Waals surface area contributed by atoms with Crippen molar-refractivity contribution in [2.24, 2.45) is 0 Å². The number of ether oxygens (including phenoxy) is 1. The molecule has 0 atom stereocenters. The molecule has 116 valence electrons. The number of hydrogen-bond donors (Lipinski definition) is 1. The summed E-state index contributed by atoms with van der Waals surface area (Å²) in [4.78, 5) is 24.2. The van der Waals surface area contributed by atoms with Gasteiger partial charge in [-0.05, 0) is 26.0 Å². The largest absolute Gasteiger partial charge is 0.482 e. The molecular formula is C14H17Cl2NO4. The summed E-state index contributed by atoms with van der Waals surface area (Å²) in [6.45, 7) is 3.54. The van der Waals surface area contributed by atoms with Crippen LogP contribution < -0.4 is 4.74 Å². The van der Waals surface area contributed by atoms with E-state index in [1.807, 2.05) is 13.8 Å². The van der Waals surface area contributed by atoms with Gasteiger partial charge in [-0.2, -0.15) is 0 Å². The van der Waals surface area contributed by atoms with Crippen molar-refractivity contribution in [3.8, 4) is 5.75 Å². The number of benzene rings is 1. The van der Waals surface area contributed by atoms with E-state index in [4.69, 9.17) is 33.0 Å². The second-order valence-electron chi connectivity index (χ2n) is 4.69. The molecule has 0 bridgehead atoms. The molecule has 21 heavy (non-hydrogen) atoms. The molecule has 0 aliphatic rings. The minimum atomic E-state index is -0.952. The summed E-state index contributed by atoms with van der Waals surface area (Å²) in [6.07, 6.45) is -0.109. The molecule has 0 aromatic heterocycles. The summed E-state index contributed by atoms with van der Waals surface area (Å²) < 4.78 is 5.36. The molecule has 0 fully saturated rings. The Kier molecular flexibility index (Phi) is 6.78. The quantitative estimate of drug-likeness (QED) is 0.832. The Morgan fingerprint density at radius 2 is 2.00 bits per heavy atom. The third kappa shape index (κ3) is 5.81. The molecule has 1 amide bonds. The predicted molar refractivity (Wildman–Crippen MR) is 81.1 cm³/mol. The first-order valence-electron chi connectivity index (χ1n) is 6.40. The van der Waals surface area contributed by atoms with Gasteiger partial charge >= 0.3 is 5.97 Å². The zero-order chi connectivity index (χ0) is 16.0. The van der Waals surface area contributed by atoms with Gasteiger partial charge in [0.2, 0.25) is 0 Å². The first-order chi connectivity index (χ1) is 9.81. The predicted octanol–water partition coefficient (Wildman–Crippen LogP) is 3.08. The molecule has 0 unspecified atom stereocenters. The Hall–Kier alpha value is -1.46. The van der Waals surface area contributed by atoms with E-state index in [0.29, 0.717) is 15.8 Å². The van der Waals surface area contributed by atoms with Crippen molar-refractivity contribution < 1.29 is 19.4 Å². The monoisotopic (exact) mass is 333 g/mol. The second-order valence-corrected chi connectivity index (χ2v) is 5.53. The Morgan fingerprint density at radius 1 is 1.33 bits per heavy atom. The first-order valence-corrected chi connectivity index (χ1v) is 7.16. The van der Waals surface area contributed by atoms with E-state index in [1.54, 1.807) is 12.1 Å². The SMILES string of the molecule is CC(C)N(CCC(=O)O)C(=O)COc1cc(Cl)ccc1Cl. The lowest BCUT2D eigenvalue weighted by Crippen LogP contribution is -2.41. The number of halogens is 2. The number of carboxylic acids is 1.